The summed E-state index contributed by atoms with van der Waals surface area (Å²) in [6, 6.07) is 9.18. The molecule has 0 aliphatic rings. The second kappa shape index (κ2) is 4.73. The Bertz CT molecular complexity index is 607. The molecule has 17 heavy (non-hydrogen) atoms. The van der Waals surface area contributed by atoms with Gasteiger partial charge in [0.25, 0.3) is 5.56 Å². The van der Waals surface area contributed by atoms with Crippen LogP contribution < -0.4 is 17.0 Å². The van der Waals surface area contributed by atoms with Crippen molar-refractivity contribution >= 4 is 21.6 Å². The summed E-state index contributed by atoms with van der Waals surface area (Å²) < 4.78 is 0.878. The van der Waals surface area contributed by atoms with Gasteiger partial charge in [0.2, 0.25) is 0 Å². The van der Waals surface area contributed by atoms with Crippen LogP contribution in [-0.4, -0.2) is 4.98 Å². The maximum absolute atomic E-state index is 11.7. The summed E-state index contributed by atoms with van der Waals surface area (Å²) >= 11 is 3.43. The van der Waals surface area contributed by atoms with Gasteiger partial charge in [-0.25, -0.2) is 0 Å². The van der Waals surface area contributed by atoms with E-state index >= 15 is 0 Å². The third-order valence-corrected chi connectivity index (χ3v) is 3.20. The van der Waals surface area contributed by atoms with Gasteiger partial charge in [-0.2, -0.15) is 0 Å². The molecule has 0 atom stereocenters. The van der Waals surface area contributed by atoms with E-state index < -0.39 is 0 Å². The van der Waals surface area contributed by atoms with Gasteiger partial charge in [-0.15, -0.1) is 0 Å². The first-order chi connectivity index (χ1) is 8.13. The number of nitrogens with two attached hydrogens (primary N) is 2. The van der Waals surface area contributed by atoms with E-state index in [2.05, 4.69) is 20.9 Å². The van der Waals surface area contributed by atoms with Crippen molar-refractivity contribution in [3.05, 3.63) is 50.7 Å². The van der Waals surface area contributed by atoms with Crippen molar-refractivity contribution < 1.29 is 0 Å². The highest BCUT2D eigenvalue weighted by atomic mass is 79.9. The third-order valence-electron chi connectivity index (χ3n) is 2.51. The van der Waals surface area contributed by atoms with Crippen LogP contribution >= 0.6 is 15.9 Å². The van der Waals surface area contributed by atoms with Crippen molar-refractivity contribution in [2.75, 3.05) is 5.73 Å². The summed E-state index contributed by atoms with van der Waals surface area (Å²) in [6.07, 6.45) is 0. The fourth-order valence-corrected chi connectivity index (χ4v) is 2.11. The van der Waals surface area contributed by atoms with E-state index in [-0.39, 0.29) is 12.1 Å². The molecule has 1 aromatic carbocycles. The summed E-state index contributed by atoms with van der Waals surface area (Å²) in [5.41, 5.74) is 13.6. The minimum atomic E-state index is -0.201. The van der Waals surface area contributed by atoms with Gasteiger partial charge in [-0.05, 0) is 12.1 Å². The fraction of sp³-hybridized carbons (Fsp3) is 0.0833. The van der Waals surface area contributed by atoms with Crippen molar-refractivity contribution in [2.24, 2.45) is 5.73 Å². The minimum absolute atomic E-state index is 0.176. The van der Waals surface area contributed by atoms with Crippen LogP contribution in [0.3, 0.4) is 0 Å². The summed E-state index contributed by atoms with van der Waals surface area (Å²) in [6.45, 7) is 0.176. The Hall–Kier alpha value is -1.59. The van der Waals surface area contributed by atoms with Crippen molar-refractivity contribution in [3.63, 3.8) is 0 Å². The number of hydrogen-bond donors (Lipinski definition) is 3. The number of halogens is 1. The Kier molecular flexibility index (Phi) is 3.31. The average Bonchev–Trinajstić information content (AvgIpc) is 2.32. The molecule has 1 heterocycles. The molecule has 0 saturated carbocycles. The molecule has 0 spiro atoms. The summed E-state index contributed by atoms with van der Waals surface area (Å²) in [5.74, 6) is 0. The molecule has 0 saturated heterocycles. The number of rotatable bonds is 2. The van der Waals surface area contributed by atoms with Crippen LogP contribution in [0, 0.1) is 0 Å². The zero-order valence-corrected chi connectivity index (χ0v) is 10.6. The van der Waals surface area contributed by atoms with Gasteiger partial charge >= 0.3 is 0 Å². The van der Waals surface area contributed by atoms with Gasteiger partial charge in [-0.3, -0.25) is 4.79 Å². The maximum atomic E-state index is 11.7. The van der Waals surface area contributed by atoms with E-state index in [9.17, 15) is 4.79 Å². The first-order valence-corrected chi connectivity index (χ1v) is 5.89. The molecule has 0 unspecified atom stereocenters. The zero-order valence-electron chi connectivity index (χ0n) is 9.03. The second-order valence-electron chi connectivity index (χ2n) is 3.64. The van der Waals surface area contributed by atoms with Gasteiger partial charge in [0.1, 0.15) is 0 Å². The smallest absolute Gasteiger partial charge is 0.253 e. The summed E-state index contributed by atoms with van der Waals surface area (Å²) in [5, 5.41) is 0. The highest BCUT2D eigenvalue weighted by Crippen LogP contribution is 2.29. The minimum Gasteiger partial charge on any atom is -0.397 e. The molecule has 0 bridgehead atoms. The lowest BCUT2D eigenvalue weighted by Gasteiger charge is -2.09. The van der Waals surface area contributed by atoms with E-state index in [1.54, 1.807) is 6.07 Å². The first-order valence-electron chi connectivity index (χ1n) is 5.10. The number of anilines is 1. The zero-order chi connectivity index (χ0) is 12.4. The largest absolute Gasteiger partial charge is 0.397 e. The van der Waals surface area contributed by atoms with E-state index in [0.717, 1.165) is 10.0 Å². The molecule has 0 aliphatic heterocycles. The maximum Gasteiger partial charge on any atom is 0.253 e. The van der Waals surface area contributed by atoms with Crippen LogP contribution in [0.25, 0.3) is 11.3 Å². The number of pyridine rings is 1. The Morgan fingerprint density at radius 3 is 2.65 bits per heavy atom. The predicted octanol–water partition coefficient (Wildman–Crippen LogP) is 1.85. The first kappa shape index (κ1) is 11.9. The molecule has 5 N–H and O–H groups in total. The Balaban J connectivity index is 2.65. The molecule has 4 nitrogen and oxygen atoms in total. The summed E-state index contributed by atoms with van der Waals surface area (Å²) in [4.78, 5) is 14.5. The molecular weight excluding hydrogens is 282 g/mol. The van der Waals surface area contributed by atoms with E-state index in [1.165, 1.54) is 0 Å². The quantitative estimate of drug-likeness (QED) is 0.790. The highest BCUT2D eigenvalue weighted by Gasteiger charge is 2.09. The van der Waals surface area contributed by atoms with E-state index in [4.69, 9.17) is 11.5 Å². The summed E-state index contributed by atoms with van der Waals surface area (Å²) in [7, 11) is 0. The number of aromatic amines is 1. The van der Waals surface area contributed by atoms with Crippen molar-refractivity contribution in [1.82, 2.24) is 4.98 Å². The average molecular weight is 294 g/mol. The number of benzene rings is 1. The van der Waals surface area contributed by atoms with Gasteiger partial charge in [0.05, 0.1) is 11.4 Å². The number of H-pyrrole nitrogens is 1. The van der Waals surface area contributed by atoms with Gasteiger partial charge in [0, 0.05) is 22.1 Å². The normalized spacial score (nSPS) is 10.5. The molecule has 0 fully saturated rings. The van der Waals surface area contributed by atoms with Crippen LogP contribution in [0.15, 0.2) is 39.6 Å². The van der Waals surface area contributed by atoms with Crippen LogP contribution in [0.2, 0.25) is 0 Å². The van der Waals surface area contributed by atoms with Crippen molar-refractivity contribution in [3.8, 4) is 11.3 Å². The number of hydrogen-bond acceptors (Lipinski definition) is 3. The third kappa shape index (κ3) is 2.25. The van der Waals surface area contributed by atoms with Crippen LogP contribution in [-0.2, 0) is 6.54 Å². The van der Waals surface area contributed by atoms with Crippen LogP contribution in [0.1, 0.15) is 5.56 Å². The van der Waals surface area contributed by atoms with E-state index in [1.807, 2.05) is 24.3 Å². The molecule has 0 radical (unpaired) electrons. The van der Waals surface area contributed by atoms with Gasteiger partial charge in [-0.1, -0.05) is 34.1 Å². The van der Waals surface area contributed by atoms with Crippen molar-refractivity contribution in [2.45, 2.75) is 6.54 Å². The van der Waals surface area contributed by atoms with Gasteiger partial charge in [0.15, 0.2) is 0 Å². The standard InChI is InChI=1S/C12H12BrN3O/c13-9-4-2-1-3-8(9)11-10(15)5-7(6-14)12(17)16-11/h1-5H,6,14-15H2,(H,16,17). The molecule has 5 heteroatoms. The molecule has 88 valence electrons. The SMILES string of the molecule is NCc1cc(N)c(-c2ccccc2Br)[nH]c1=O. The topological polar surface area (TPSA) is 84.9 Å². The number of nitrogens with one attached hydrogen (secondary N) is 1. The molecular formula is C12H12BrN3O. The molecule has 0 amide bonds. The Morgan fingerprint density at radius 2 is 2.00 bits per heavy atom. The lowest BCUT2D eigenvalue weighted by Crippen LogP contribution is -2.17. The highest BCUT2D eigenvalue weighted by molar-refractivity contribution is 9.10. The number of aromatic nitrogens is 1. The van der Waals surface area contributed by atoms with Crippen molar-refractivity contribution in [1.29, 1.82) is 0 Å². The molecule has 0 aliphatic carbocycles. The Labute approximate surface area is 107 Å². The van der Waals surface area contributed by atoms with E-state index in [0.29, 0.717) is 16.9 Å². The van der Waals surface area contributed by atoms with Crippen LogP contribution in [0.4, 0.5) is 5.69 Å². The fourth-order valence-electron chi connectivity index (χ4n) is 1.63. The molecule has 2 rings (SSSR count). The van der Waals surface area contributed by atoms with Crippen LogP contribution in [0.5, 0.6) is 0 Å². The lowest BCUT2D eigenvalue weighted by atomic mass is 10.1. The van der Waals surface area contributed by atoms with Gasteiger partial charge < -0.3 is 16.5 Å². The molecule has 1 aromatic heterocycles. The predicted molar refractivity (Wildman–Crippen MR) is 72.5 cm³/mol. The molecule has 2 aromatic rings. The number of nitrogen functional groups attached to an aromatic ring is 1. The monoisotopic (exact) mass is 293 g/mol. The lowest BCUT2D eigenvalue weighted by molar-refractivity contribution is 1.02. The second-order valence-corrected chi connectivity index (χ2v) is 4.49. The Morgan fingerprint density at radius 1 is 1.29 bits per heavy atom.